The highest BCUT2D eigenvalue weighted by molar-refractivity contribution is 5.82. The molecule has 2 rings (SSSR count). The summed E-state index contributed by atoms with van der Waals surface area (Å²) in [6.07, 6.45) is 0.421. The number of rotatable bonds is 2. The van der Waals surface area contributed by atoms with Gasteiger partial charge >= 0.3 is 5.97 Å². The summed E-state index contributed by atoms with van der Waals surface area (Å²) >= 11 is 0. The number of nitrogens with one attached hydrogen (secondary N) is 1. The SMILES string of the molecule is CC1CNCCC1(C(=O)O)c1ccccc1F. The van der Waals surface area contributed by atoms with E-state index in [2.05, 4.69) is 5.32 Å². The summed E-state index contributed by atoms with van der Waals surface area (Å²) in [5.74, 6) is -1.49. The van der Waals surface area contributed by atoms with E-state index in [1.165, 1.54) is 6.07 Å². The molecule has 2 N–H and O–H groups in total. The third kappa shape index (κ3) is 1.82. The maximum absolute atomic E-state index is 13.9. The summed E-state index contributed by atoms with van der Waals surface area (Å²) in [7, 11) is 0. The average Bonchev–Trinajstić information content (AvgIpc) is 2.30. The van der Waals surface area contributed by atoms with Crippen molar-refractivity contribution < 1.29 is 14.3 Å². The monoisotopic (exact) mass is 237 g/mol. The third-order valence-corrected chi connectivity index (χ3v) is 3.72. The van der Waals surface area contributed by atoms with E-state index < -0.39 is 17.2 Å². The van der Waals surface area contributed by atoms with Crippen LogP contribution in [-0.2, 0) is 10.2 Å². The number of benzene rings is 1. The molecular formula is C13H16FNO2. The average molecular weight is 237 g/mol. The second kappa shape index (κ2) is 4.45. The Labute approximate surface area is 99.7 Å². The number of carbonyl (C=O) groups is 1. The lowest BCUT2D eigenvalue weighted by molar-refractivity contribution is -0.147. The van der Waals surface area contributed by atoms with Gasteiger partial charge in [-0.3, -0.25) is 4.79 Å². The molecule has 2 atom stereocenters. The number of aliphatic carboxylic acids is 1. The van der Waals surface area contributed by atoms with Crippen molar-refractivity contribution in [3.8, 4) is 0 Å². The summed E-state index contributed by atoms with van der Waals surface area (Å²) in [5, 5.41) is 12.7. The highest BCUT2D eigenvalue weighted by atomic mass is 19.1. The smallest absolute Gasteiger partial charge is 0.314 e. The first-order chi connectivity index (χ1) is 8.09. The van der Waals surface area contributed by atoms with Gasteiger partial charge in [-0.2, -0.15) is 0 Å². The van der Waals surface area contributed by atoms with Crippen LogP contribution in [0.25, 0.3) is 0 Å². The summed E-state index contributed by atoms with van der Waals surface area (Å²) in [6, 6.07) is 6.19. The van der Waals surface area contributed by atoms with Crippen LogP contribution in [0.15, 0.2) is 24.3 Å². The first kappa shape index (κ1) is 12.0. The largest absolute Gasteiger partial charge is 0.481 e. The van der Waals surface area contributed by atoms with Gasteiger partial charge in [0.05, 0.1) is 0 Å². The second-order valence-electron chi connectivity index (χ2n) is 4.61. The van der Waals surface area contributed by atoms with Gasteiger partial charge in [0, 0.05) is 5.56 Å². The highest BCUT2D eigenvalue weighted by Gasteiger charge is 2.48. The van der Waals surface area contributed by atoms with E-state index in [0.29, 0.717) is 25.1 Å². The van der Waals surface area contributed by atoms with Crippen molar-refractivity contribution in [2.45, 2.75) is 18.8 Å². The Bertz CT molecular complexity index is 435. The molecule has 0 saturated carbocycles. The Morgan fingerprint density at radius 1 is 1.53 bits per heavy atom. The van der Waals surface area contributed by atoms with Crippen molar-refractivity contribution in [2.24, 2.45) is 5.92 Å². The lowest BCUT2D eigenvalue weighted by atomic mass is 9.67. The van der Waals surface area contributed by atoms with Crippen molar-refractivity contribution in [1.82, 2.24) is 5.32 Å². The molecule has 0 radical (unpaired) electrons. The first-order valence-corrected chi connectivity index (χ1v) is 5.78. The molecule has 1 aliphatic rings. The molecule has 0 amide bonds. The van der Waals surface area contributed by atoms with Gasteiger partial charge in [0.2, 0.25) is 0 Å². The molecule has 0 aromatic heterocycles. The molecule has 3 nitrogen and oxygen atoms in total. The molecule has 17 heavy (non-hydrogen) atoms. The molecule has 4 heteroatoms. The zero-order valence-corrected chi connectivity index (χ0v) is 9.74. The van der Waals surface area contributed by atoms with Gasteiger partial charge < -0.3 is 10.4 Å². The van der Waals surface area contributed by atoms with Gasteiger partial charge in [-0.15, -0.1) is 0 Å². The second-order valence-corrected chi connectivity index (χ2v) is 4.61. The molecule has 0 bridgehead atoms. The molecule has 1 fully saturated rings. The number of hydrogen-bond acceptors (Lipinski definition) is 2. The van der Waals surface area contributed by atoms with Crippen LogP contribution in [0.3, 0.4) is 0 Å². The van der Waals surface area contributed by atoms with Crippen molar-refractivity contribution in [2.75, 3.05) is 13.1 Å². The Morgan fingerprint density at radius 2 is 2.24 bits per heavy atom. The van der Waals surface area contributed by atoms with Gasteiger partial charge in [-0.25, -0.2) is 4.39 Å². The summed E-state index contributed by atoms with van der Waals surface area (Å²) < 4.78 is 13.9. The first-order valence-electron chi connectivity index (χ1n) is 5.78. The number of hydrogen-bond donors (Lipinski definition) is 2. The zero-order chi connectivity index (χ0) is 12.5. The molecule has 0 spiro atoms. The minimum atomic E-state index is -1.10. The van der Waals surface area contributed by atoms with Crippen molar-refractivity contribution in [1.29, 1.82) is 0 Å². The Balaban J connectivity index is 2.55. The third-order valence-electron chi connectivity index (χ3n) is 3.72. The fourth-order valence-corrected chi connectivity index (χ4v) is 2.68. The van der Waals surface area contributed by atoms with Crippen molar-refractivity contribution in [3.63, 3.8) is 0 Å². The quantitative estimate of drug-likeness (QED) is 0.824. The van der Waals surface area contributed by atoms with Gasteiger partial charge in [0.25, 0.3) is 0 Å². The number of halogens is 1. The fraction of sp³-hybridized carbons (Fsp3) is 0.462. The number of piperidine rings is 1. The highest BCUT2D eigenvalue weighted by Crippen LogP contribution is 2.39. The minimum absolute atomic E-state index is 0.134. The number of carboxylic acids is 1. The summed E-state index contributed by atoms with van der Waals surface area (Å²) in [6.45, 7) is 3.05. The number of carboxylic acid groups (broad SMARTS) is 1. The summed E-state index contributed by atoms with van der Waals surface area (Å²) in [4.78, 5) is 11.6. The van der Waals surface area contributed by atoms with E-state index in [4.69, 9.17) is 0 Å². The van der Waals surface area contributed by atoms with Crippen LogP contribution in [0.2, 0.25) is 0 Å². The lowest BCUT2D eigenvalue weighted by Gasteiger charge is -2.39. The van der Waals surface area contributed by atoms with Gasteiger partial charge in [0.15, 0.2) is 0 Å². The van der Waals surface area contributed by atoms with Crippen LogP contribution in [0.1, 0.15) is 18.9 Å². The zero-order valence-electron chi connectivity index (χ0n) is 9.74. The van der Waals surface area contributed by atoms with Crippen LogP contribution in [0.4, 0.5) is 4.39 Å². The lowest BCUT2D eigenvalue weighted by Crippen LogP contribution is -2.52. The van der Waals surface area contributed by atoms with Crippen LogP contribution < -0.4 is 5.32 Å². The van der Waals surface area contributed by atoms with E-state index in [1.54, 1.807) is 18.2 Å². The predicted octanol–water partition coefficient (Wildman–Crippen LogP) is 1.78. The molecule has 92 valence electrons. The molecule has 2 unspecified atom stereocenters. The van der Waals surface area contributed by atoms with Gasteiger partial charge in [0.1, 0.15) is 11.2 Å². The maximum Gasteiger partial charge on any atom is 0.314 e. The molecule has 1 saturated heterocycles. The van der Waals surface area contributed by atoms with E-state index in [0.717, 1.165) is 0 Å². The van der Waals surface area contributed by atoms with E-state index in [1.807, 2.05) is 6.92 Å². The molecule has 1 aromatic carbocycles. The molecular weight excluding hydrogens is 221 g/mol. The molecule has 1 aromatic rings. The Kier molecular flexibility index (Phi) is 3.15. The topological polar surface area (TPSA) is 49.3 Å². The van der Waals surface area contributed by atoms with E-state index >= 15 is 0 Å². The molecule has 1 heterocycles. The van der Waals surface area contributed by atoms with Crippen LogP contribution >= 0.6 is 0 Å². The minimum Gasteiger partial charge on any atom is -0.481 e. The van der Waals surface area contributed by atoms with Gasteiger partial charge in [-0.05, 0) is 31.5 Å². The van der Waals surface area contributed by atoms with Crippen LogP contribution in [-0.4, -0.2) is 24.2 Å². The molecule has 0 aliphatic carbocycles. The normalized spacial score (nSPS) is 28.9. The fourth-order valence-electron chi connectivity index (χ4n) is 2.68. The van der Waals surface area contributed by atoms with Crippen molar-refractivity contribution in [3.05, 3.63) is 35.6 Å². The summed E-state index contributed by atoms with van der Waals surface area (Å²) in [5.41, 5.74) is -0.794. The van der Waals surface area contributed by atoms with Gasteiger partial charge in [-0.1, -0.05) is 25.1 Å². The van der Waals surface area contributed by atoms with E-state index in [-0.39, 0.29) is 5.92 Å². The standard InChI is InChI=1S/C13H16FNO2/c1-9-8-15-7-6-13(9,12(16)17)10-4-2-3-5-11(10)14/h2-5,9,15H,6-8H2,1H3,(H,16,17). The predicted molar refractivity (Wildman–Crippen MR) is 62.4 cm³/mol. The van der Waals surface area contributed by atoms with E-state index in [9.17, 15) is 14.3 Å². The van der Waals surface area contributed by atoms with Crippen LogP contribution in [0.5, 0.6) is 0 Å². The molecule has 1 aliphatic heterocycles. The Hall–Kier alpha value is -1.42. The van der Waals surface area contributed by atoms with Crippen molar-refractivity contribution >= 4 is 5.97 Å². The Morgan fingerprint density at radius 3 is 2.82 bits per heavy atom. The maximum atomic E-state index is 13.9. The van der Waals surface area contributed by atoms with Crippen LogP contribution in [0, 0.1) is 11.7 Å².